The lowest BCUT2D eigenvalue weighted by molar-refractivity contribution is -0.273. The van der Waals surface area contributed by atoms with Gasteiger partial charge in [-0.05, 0) is 48.2 Å². The first kappa shape index (κ1) is 18.1. The van der Waals surface area contributed by atoms with Crippen LogP contribution in [0.15, 0.2) is 53.7 Å². The number of ketones is 2. The Morgan fingerprint density at radius 1 is 1.00 bits per heavy atom. The summed E-state index contributed by atoms with van der Waals surface area (Å²) in [6, 6.07) is 4.55. The Labute approximate surface area is 148 Å². The highest BCUT2D eigenvalue weighted by Crippen LogP contribution is 2.54. The highest BCUT2D eigenvalue weighted by atomic mass is 32.2. The van der Waals surface area contributed by atoms with Crippen molar-refractivity contribution >= 4 is 23.3 Å². The number of ether oxygens (including phenoxy) is 1. The molecule has 0 amide bonds. The van der Waals surface area contributed by atoms with Crippen molar-refractivity contribution in [1.29, 1.82) is 0 Å². The lowest BCUT2D eigenvalue weighted by atomic mass is 10.1. The number of nitrogens with zero attached hydrogens (tertiary/aromatic N) is 2. The number of thioether (sulfide) groups is 1. The maximum absolute atomic E-state index is 13.4. The van der Waals surface area contributed by atoms with Crippen molar-refractivity contribution in [3.8, 4) is 5.75 Å². The molecule has 1 aliphatic heterocycles. The van der Waals surface area contributed by atoms with Crippen LogP contribution in [0.1, 0.15) is 20.7 Å². The first-order valence-corrected chi connectivity index (χ1v) is 7.82. The molecular weight excluding hydrogens is 376 g/mol. The molecule has 0 aliphatic carbocycles. The molecule has 0 fully saturated rings. The predicted octanol–water partition coefficient (Wildman–Crippen LogP) is 3.77. The van der Waals surface area contributed by atoms with Gasteiger partial charge in [-0.2, -0.15) is 27.8 Å². The fraction of sp³-hybridized carbons (Fsp3) is 0.125. The third kappa shape index (κ3) is 3.45. The zero-order valence-corrected chi connectivity index (χ0v) is 13.5. The van der Waals surface area contributed by atoms with Crippen LogP contribution in [0, 0.1) is 0 Å². The van der Waals surface area contributed by atoms with E-state index in [-0.39, 0.29) is 16.0 Å². The number of benzene rings is 1. The van der Waals surface area contributed by atoms with Crippen LogP contribution < -0.4 is 4.74 Å². The molecule has 5 nitrogen and oxygen atoms in total. The number of fused-ring (bicyclic) bond motifs is 1. The second-order valence-electron chi connectivity index (χ2n) is 5.09. The highest BCUT2D eigenvalue weighted by molar-refractivity contribution is 8.00. The quantitative estimate of drug-likeness (QED) is 0.454. The van der Waals surface area contributed by atoms with Crippen LogP contribution in [0.5, 0.6) is 5.75 Å². The molecule has 0 spiro atoms. The van der Waals surface area contributed by atoms with Crippen molar-refractivity contribution in [1.82, 2.24) is 10.2 Å². The van der Waals surface area contributed by atoms with E-state index in [1.54, 1.807) is 0 Å². The van der Waals surface area contributed by atoms with Gasteiger partial charge >= 0.3 is 11.4 Å². The lowest BCUT2D eigenvalue weighted by Crippen LogP contribution is -2.45. The van der Waals surface area contributed by atoms with Crippen LogP contribution in [0.25, 0.3) is 0 Å². The van der Waals surface area contributed by atoms with E-state index in [1.165, 1.54) is 18.5 Å². The van der Waals surface area contributed by atoms with Gasteiger partial charge in [-0.25, -0.2) is 0 Å². The van der Waals surface area contributed by atoms with E-state index < -0.39 is 40.4 Å². The molecule has 3 rings (SSSR count). The Kier molecular flexibility index (Phi) is 4.53. The van der Waals surface area contributed by atoms with Crippen LogP contribution in [0.3, 0.4) is 0 Å². The van der Waals surface area contributed by atoms with Crippen molar-refractivity contribution in [3.63, 3.8) is 0 Å². The van der Waals surface area contributed by atoms with Crippen molar-refractivity contribution in [3.05, 3.63) is 59.9 Å². The summed E-state index contributed by atoms with van der Waals surface area (Å²) in [5, 5.41) is 2.57. The molecule has 134 valence electrons. The number of halogens is 4. The van der Waals surface area contributed by atoms with Crippen LogP contribution in [-0.4, -0.2) is 33.1 Å². The first-order valence-electron chi connectivity index (χ1n) is 7.01. The zero-order valence-electron chi connectivity index (χ0n) is 12.7. The van der Waals surface area contributed by atoms with Gasteiger partial charge in [-0.15, -0.1) is 0 Å². The normalized spacial score (nSPS) is 17.4. The standard InChI is InChI=1S/C16H8F4N2O3S/c17-15(18)16(19,20)26-14-7-9(1-4-13(14)25-15)11(23)2-3-12(24)10-5-6-21-22-8-10/h1-8H/b3-2+. The maximum Gasteiger partial charge on any atom is 0.475 e. The molecule has 0 saturated heterocycles. The average Bonchev–Trinajstić information content (AvgIpc) is 2.60. The van der Waals surface area contributed by atoms with Crippen LogP contribution in [0.2, 0.25) is 0 Å². The number of alkyl halides is 4. The molecule has 26 heavy (non-hydrogen) atoms. The van der Waals surface area contributed by atoms with E-state index in [2.05, 4.69) is 14.9 Å². The van der Waals surface area contributed by atoms with Gasteiger partial charge in [0.1, 0.15) is 5.75 Å². The van der Waals surface area contributed by atoms with Crippen molar-refractivity contribution < 1.29 is 31.9 Å². The van der Waals surface area contributed by atoms with E-state index >= 15 is 0 Å². The molecule has 0 atom stereocenters. The summed E-state index contributed by atoms with van der Waals surface area (Å²) in [6.07, 6.45) is -0.191. The summed E-state index contributed by atoms with van der Waals surface area (Å²) in [5.74, 6) is -1.62. The smallest absolute Gasteiger partial charge is 0.426 e. The van der Waals surface area contributed by atoms with Gasteiger partial charge in [0, 0.05) is 11.1 Å². The number of hydrogen-bond donors (Lipinski definition) is 0. The predicted molar refractivity (Wildman–Crippen MR) is 82.7 cm³/mol. The highest BCUT2D eigenvalue weighted by Gasteiger charge is 2.63. The summed E-state index contributed by atoms with van der Waals surface area (Å²) in [5.41, 5.74) is 0.151. The average molecular weight is 384 g/mol. The molecular formula is C16H8F4N2O3S. The van der Waals surface area contributed by atoms with E-state index in [0.717, 1.165) is 30.4 Å². The molecule has 1 aliphatic rings. The molecule has 1 aromatic carbocycles. The molecule has 2 heterocycles. The maximum atomic E-state index is 13.4. The van der Waals surface area contributed by atoms with E-state index in [0.29, 0.717) is 0 Å². The summed E-state index contributed by atoms with van der Waals surface area (Å²) in [4.78, 5) is 23.7. The third-order valence-electron chi connectivity index (χ3n) is 3.30. The number of allylic oxidation sites excluding steroid dienone is 2. The molecule has 0 saturated carbocycles. The Morgan fingerprint density at radius 3 is 2.35 bits per heavy atom. The SMILES string of the molecule is O=C(/C=C/C(=O)c1ccc2c(c1)SC(F)(F)C(F)(F)O2)c1ccnnc1. The molecule has 0 bridgehead atoms. The molecule has 0 unspecified atom stereocenters. The van der Waals surface area contributed by atoms with Crippen LogP contribution >= 0.6 is 11.8 Å². The van der Waals surface area contributed by atoms with Gasteiger partial charge in [0.05, 0.1) is 17.3 Å². The summed E-state index contributed by atoms with van der Waals surface area (Å²) in [6.45, 7) is 0. The number of hydrogen-bond acceptors (Lipinski definition) is 6. The number of rotatable bonds is 4. The Morgan fingerprint density at radius 2 is 1.69 bits per heavy atom. The summed E-state index contributed by atoms with van der Waals surface area (Å²) < 4.78 is 57.1. The van der Waals surface area contributed by atoms with Crippen LogP contribution in [-0.2, 0) is 0 Å². The number of carbonyl (C=O) groups is 2. The fourth-order valence-electron chi connectivity index (χ4n) is 2.00. The fourth-order valence-corrected chi connectivity index (χ4v) is 2.83. The molecule has 2 aromatic rings. The Balaban J connectivity index is 1.80. The van der Waals surface area contributed by atoms with Gasteiger partial charge in [0.25, 0.3) is 0 Å². The van der Waals surface area contributed by atoms with Crippen molar-refractivity contribution in [2.45, 2.75) is 16.3 Å². The minimum Gasteiger partial charge on any atom is -0.426 e. The lowest BCUT2D eigenvalue weighted by Gasteiger charge is -2.31. The molecule has 0 radical (unpaired) electrons. The second-order valence-corrected chi connectivity index (χ2v) is 6.25. The minimum absolute atomic E-state index is 0.0576. The van der Waals surface area contributed by atoms with E-state index in [4.69, 9.17) is 0 Å². The topological polar surface area (TPSA) is 69.2 Å². The van der Waals surface area contributed by atoms with Gasteiger partial charge < -0.3 is 4.74 Å². The van der Waals surface area contributed by atoms with E-state index in [1.807, 2.05) is 0 Å². The molecule has 1 aromatic heterocycles. The van der Waals surface area contributed by atoms with E-state index in [9.17, 15) is 27.2 Å². The van der Waals surface area contributed by atoms with Gasteiger partial charge in [-0.3, -0.25) is 9.59 Å². The first-order chi connectivity index (χ1) is 12.2. The largest absolute Gasteiger partial charge is 0.475 e. The molecule has 0 N–H and O–H groups in total. The van der Waals surface area contributed by atoms with Crippen molar-refractivity contribution in [2.24, 2.45) is 0 Å². The van der Waals surface area contributed by atoms with Gasteiger partial charge in [-0.1, -0.05) is 0 Å². The second kappa shape index (κ2) is 6.52. The van der Waals surface area contributed by atoms with Crippen molar-refractivity contribution in [2.75, 3.05) is 0 Å². The van der Waals surface area contributed by atoms with Gasteiger partial charge in [0.2, 0.25) is 0 Å². The Bertz CT molecular complexity index is 904. The molecule has 10 heteroatoms. The third-order valence-corrected chi connectivity index (χ3v) is 4.33. The zero-order chi connectivity index (χ0) is 18.9. The minimum atomic E-state index is -4.65. The van der Waals surface area contributed by atoms with Crippen LogP contribution in [0.4, 0.5) is 17.6 Å². The summed E-state index contributed by atoms with van der Waals surface area (Å²) >= 11 is -0.393. The monoisotopic (exact) mass is 384 g/mol. The van der Waals surface area contributed by atoms with Gasteiger partial charge in [0.15, 0.2) is 11.6 Å². The number of aromatic nitrogens is 2. The number of carbonyl (C=O) groups excluding carboxylic acids is 2. The Hall–Kier alpha value is -2.75. The summed E-state index contributed by atoms with van der Waals surface area (Å²) in [7, 11) is 0.